The monoisotopic (exact) mass is 865 g/mol. The van der Waals surface area contributed by atoms with Gasteiger partial charge in [-0.1, -0.05) is 92.0 Å². The zero-order chi connectivity index (χ0) is 45.4. The molecule has 13 atom stereocenters. The van der Waals surface area contributed by atoms with E-state index in [1.807, 2.05) is 30.4 Å². The number of carboxylic acids is 1. The SMILES string of the molecule is CC1OC(O[C@H]2/C=C/C=C/C=C/C=C/C=C/C=C/C=C/C[C@@H](O)C(C)COC(=O)C[C@H](O)C[C@H](O)CCC[C@H](O)C[C@H](O)CC(O)(O)CC[C@@H](C(=O)O)CC2)C(O)C(N)C1O. The van der Waals surface area contributed by atoms with Gasteiger partial charge in [-0.3, -0.25) is 9.59 Å². The molecule has 2 aliphatic rings. The summed E-state index contributed by atoms with van der Waals surface area (Å²) in [5.74, 6) is -5.72. The van der Waals surface area contributed by atoms with Crippen molar-refractivity contribution in [1.82, 2.24) is 0 Å². The Labute approximate surface area is 359 Å². The van der Waals surface area contributed by atoms with Crippen molar-refractivity contribution in [3.63, 3.8) is 0 Å². The highest BCUT2D eigenvalue weighted by Gasteiger charge is 2.42. The van der Waals surface area contributed by atoms with E-state index in [-0.39, 0.29) is 63.9 Å². The summed E-state index contributed by atoms with van der Waals surface area (Å²) in [5.41, 5.74) is 5.98. The number of hydrogen-bond acceptors (Lipinski definition) is 15. The third-order valence-corrected chi connectivity index (χ3v) is 10.6. The molecule has 0 saturated carbocycles. The smallest absolute Gasteiger partial charge is 0.308 e. The molecule has 16 heteroatoms. The molecule has 0 amide bonds. The van der Waals surface area contributed by atoms with Crippen LogP contribution in [0.5, 0.6) is 0 Å². The van der Waals surface area contributed by atoms with Gasteiger partial charge in [0.05, 0.1) is 73.8 Å². The summed E-state index contributed by atoms with van der Waals surface area (Å²) in [6, 6.07) is -1.05. The standard InChI is InChI=1S/C45H71NO15/c1-30-29-59-39(52)27-35(49)25-33(47)17-16-18-34(48)26-36(50)28-45(57,58)24-23-32(43(55)56)21-22-37(61-44-42(54)40(46)41(53)31(2)60-44)19-14-12-10-8-6-4-3-5-7-9-11-13-15-20-38(30)51/h3-15,19,30-38,40-42,44,47-51,53-54,57-58H,16-18,20-29,46H2,1-2H3,(H,55,56)/b4-3+,7-5+,8-6+,11-9+,12-10+,15-13+,19-14+/t30?,31?,32-,33+,34-,35+,36-,37-,38+,40?,41?,42?,44?/m0/s1. The van der Waals surface area contributed by atoms with E-state index in [0.29, 0.717) is 12.8 Å². The summed E-state index contributed by atoms with van der Waals surface area (Å²) in [7, 11) is 0. The molecule has 1 fully saturated rings. The third-order valence-electron chi connectivity index (χ3n) is 10.6. The second-order valence-electron chi connectivity index (χ2n) is 16.2. The molecule has 2 rings (SSSR count). The summed E-state index contributed by atoms with van der Waals surface area (Å²) in [4.78, 5) is 24.5. The van der Waals surface area contributed by atoms with Crippen molar-refractivity contribution in [2.24, 2.45) is 17.6 Å². The average molecular weight is 866 g/mol. The number of carboxylic acid groups (broad SMARTS) is 1. The van der Waals surface area contributed by atoms with Gasteiger partial charge in [-0.25, -0.2) is 0 Å². The maximum absolute atomic E-state index is 12.3. The van der Waals surface area contributed by atoms with Crippen molar-refractivity contribution in [2.75, 3.05) is 6.61 Å². The molecule has 16 nitrogen and oxygen atoms in total. The molecule has 346 valence electrons. The first kappa shape index (κ1) is 53.8. The Morgan fingerprint density at radius 2 is 1.30 bits per heavy atom. The number of aliphatic carboxylic acids is 1. The Balaban J connectivity index is 2.17. The first-order chi connectivity index (χ1) is 28.9. The normalized spacial score (nSPS) is 39.5. The van der Waals surface area contributed by atoms with Crippen molar-refractivity contribution < 1.29 is 74.9 Å². The largest absolute Gasteiger partial charge is 0.481 e. The van der Waals surface area contributed by atoms with Crippen LogP contribution in [0, 0.1) is 11.8 Å². The minimum atomic E-state index is -2.45. The lowest BCUT2D eigenvalue weighted by Crippen LogP contribution is -2.61. The van der Waals surface area contributed by atoms with Crippen molar-refractivity contribution in [3.8, 4) is 0 Å². The van der Waals surface area contributed by atoms with Crippen LogP contribution in [-0.2, 0) is 23.8 Å². The van der Waals surface area contributed by atoms with E-state index in [1.165, 1.54) is 0 Å². The van der Waals surface area contributed by atoms with Crippen molar-refractivity contribution >= 4 is 11.9 Å². The number of ether oxygens (including phenoxy) is 3. The highest BCUT2D eigenvalue weighted by molar-refractivity contribution is 5.70. The molecule has 1 saturated heterocycles. The topological polar surface area (TPSA) is 290 Å². The molecule has 0 bridgehead atoms. The van der Waals surface area contributed by atoms with Crippen molar-refractivity contribution in [3.05, 3.63) is 85.1 Å². The van der Waals surface area contributed by atoms with Gasteiger partial charge in [-0.2, -0.15) is 0 Å². The number of aliphatic hydroxyl groups is 9. The lowest BCUT2D eigenvalue weighted by molar-refractivity contribution is -0.276. The quantitative estimate of drug-likeness (QED) is 0.143. The van der Waals surface area contributed by atoms with Crippen LogP contribution in [0.1, 0.15) is 90.9 Å². The molecule has 61 heavy (non-hydrogen) atoms. The fourth-order valence-corrected chi connectivity index (χ4v) is 6.77. The minimum absolute atomic E-state index is 0.0253. The molecule has 0 spiro atoms. The van der Waals surface area contributed by atoms with Crippen LogP contribution in [0.25, 0.3) is 0 Å². The number of esters is 1. The van der Waals surface area contributed by atoms with Crippen LogP contribution in [-0.4, -0.2) is 143 Å². The lowest BCUT2D eigenvalue weighted by Gasteiger charge is -2.40. The summed E-state index contributed by atoms with van der Waals surface area (Å²) in [6.07, 6.45) is 13.6. The Bertz CT molecular complexity index is 1480. The fourth-order valence-electron chi connectivity index (χ4n) is 6.77. The summed E-state index contributed by atoms with van der Waals surface area (Å²) < 4.78 is 16.9. The first-order valence-electron chi connectivity index (χ1n) is 21.2. The molecular weight excluding hydrogens is 794 g/mol. The van der Waals surface area contributed by atoms with Crippen LogP contribution < -0.4 is 5.73 Å². The molecule has 6 unspecified atom stereocenters. The van der Waals surface area contributed by atoms with Gasteiger partial charge in [0.2, 0.25) is 0 Å². The number of carbonyl (C=O) groups is 2. The summed E-state index contributed by atoms with van der Waals surface area (Å²) in [6.45, 7) is 3.28. The fraction of sp³-hybridized carbons (Fsp3) is 0.644. The van der Waals surface area contributed by atoms with Crippen LogP contribution in [0.3, 0.4) is 0 Å². The van der Waals surface area contributed by atoms with Gasteiger partial charge in [-0.15, -0.1) is 0 Å². The average Bonchev–Trinajstić information content (AvgIpc) is 3.18. The van der Waals surface area contributed by atoms with Crippen LogP contribution >= 0.6 is 0 Å². The highest BCUT2D eigenvalue weighted by atomic mass is 16.7. The number of aliphatic hydroxyl groups excluding tert-OH is 7. The Morgan fingerprint density at radius 3 is 1.89 bits per heavy atom. The number of nitrogens with two attached hydrogens (primary N) is 1. The van der Waals surface area contributed by atoms with Gasteiger partial charge in [0.1, 0.15) is 6.10 Å². The van der Waals surface area contributed by atoms with Crippen LogP contribution in [0.15, 0.2) is 85.1 Å². The van der Waals surface area contributed by atoms with Crippen molar-refractivity contribution in [1.29, 1.82) is 0 Å². The predicted molar refractivity (Wildman–Crippen MR) is 227 cm³/mol. The van der Waals surface area contributed by atoms with E-state index in [0.717, 1.165) is 0 Å². The van der Waals surface area contributed by atoms with Gasteiger partial charge in [0, 0.05) is 18.8 Å². The minimum Gasteiger partial charge on any atom is -0.481 e. The lowest BCUT2D eigenvalue weighted by atomic mass is 9.90. The zero-order valence-corrected chi connectivity index (χ0v) is 35.4. The van der Waals surface area contributed by atoms with E-state index < -0.39 is 104 Å². The van der Waals surface area contributed by atoms with Gasteiger partial charge < -0.3 is 71.0 Å². The van der Waals surface area contributed by atoms with Crippen molar-refractivity contribution in [2.45, 2.75) is 164 Å². The predicted octanol–water partition coefficient (Wildman–Crippen LogP) is 2.12. The first-order valence-corrected chi connectivity index (χ1v) is 21.2. The molecule has 0 radical (unpaired) electrons. The molecule has 12 N–H and O–H groups in total. The molecule has 0 aliphatic carbocycles. The van der Waals surface area contributed by atoms with E-state index in [9.17, 15) is 60.7 Å². The summed E-state index contributed by atoms with van der Waals surface area (Å²) in [5, 5.41) is 104. The zero-order valence-electron chi connectivity index (χ0n) is 35.4. The van der Waals surface area contributed by atoms with E-state index >= 15 is 0 Å². The number of carbonyl (C=O) groups excluding carboxylic acids is 1. The second kappa shape index (κ2) is 29.1. The van der Waals surface area contributed by atoms with Gasteiger partial charge in [0.15, 0.2) is 12.1 Å². The molecule has 0 aromatic heterocycles. The van der Waals surface area contributed by atoms with Gasteiger partial charge in [-0.05, 0) is 64.7 Å². The second-order valence-corrected chi connectivity index (χ2v) is 16.2. The number of rotatable bonds is 3. The highest BCUT2D eigenvalue weighted by Crippen LogP contribution is 2.27. The maximum atomic E-state index is 12.3. The summed E-state index contributed by atoms with van der Waals surface area (Å²) >= 11 is 0. The van der Waals surface area contributed by atoms with Gasteiger partial charge >= 0.3 is 11.9 Å². The molecular formula is C45H71NO15. The molecule has 0 aromatic rings. The number of cyclic esters (lactones) is 1. The van der Waals surface area contributed by atoms with E-state index in [2.05, 4.69) is 0 Å². The van der Waals surface area contributed by atoms with Crippen LogP contribution in [0.2, 0.25) is 0 Å². The number of hydrogen-bond donors (Lipinski definition) is 11. The Morgan fingerprint density at radius 1 is 0.738 bits per heavy atom. The number of allylic oxidation sites excluding steroid dienone is 12. The van der Waals surface area contributed by atoms with E-state index in [4.69, 9.17) is 19.9 Å². The molecule has 2 heterocycles. The Kier molecular flexibility index (Phi) is 25.6. The molecule has 0 aromatic carbocycles. The van der Waals surface area contributed by atoms with E-state index in [1.54, 1.807) is 68.5 Å². The van der Waals surface area contributed by atoms with Crippen LogP contribution in [0.4, 0.5) is 0 Å². The third kappa shape index (κ3) is 23.1. The Hall–Kier alpha value is -3.36. The molecule has 2 aliphatic heterocycles. The maximum Gasteiger partial charge on any atom is 0.308 e. The van der Waals surface area contributed by atoms with Gasteiger partial charge in [0.25, 0.3) is 0 Å².